The Bertz CT molecular complexity index is 1140. The molecule has 228 valence electrons. The van der Waals surface area contributed by atoms with E-state index in [2.05, 4.69) is 84.4 Å². The summed E-state index contributed by atoms with van der Waals surface area (Å²) < 4.78 is 0. The largest absolute Gasteiger partial charge is 0.354 e. The summed E-state index contributed by atoms with van der Waals surface area (Å²) in [5, 5.41) is 6.58. The molecule has 0 aromatic heterocycles. The van der Waals surface area contributed by atoms with Crippen LogP contribution in [0, 0.1) is 56.7 Å². The molecule has 0 saturated heterocycles. The molecule has 3 nitrogen and oxygen atoms in total. The van der Waals surface area contributed by atoms with Gasteiger partial charge in [-0.15, -0.1) is 0 Å². The zero-order chi connectivity index (χ0) is 30.0. The van der Waals surface area contributed by atoms with Gasteiger partial charge in [-0.05, 0) is 141 Å². The van der Waals surface area contributed by atoms with E-state index in [9.17, 15) is 4.79 Å². The van der Waals surface area contributed by atoms with Crippen LogP contribution in [-0.2, 0) is 4.79 Å². The maximum absolute atomic E-state index is 14.0. The normalized spacial score (nSPS) is 44.9. The van der Waals surface area contributed by atoms with Crippen LogP contribution in [0.1, 0.15) is 106 Å². The third-order valence-electron chi connectivity index (χ3n) is 14.5. The zero-order valence-corrected chi connectivity index (χ0v) is 27.7. The molecule has 9 unspecified atom stereocenters. The van der Waals surface area contributed by atoms with E-state index in [4.69, 9.17) is 0 Å². The number of carbonyl (C=O) groups is 1. The Kier molecular flexibility index (Phi) is 7.92. The van der Waals surface area contributed by atoms with Gasteiger partial charge < -0.3 is 10.6 Å². The van der Waals surface area contributed by atoms with E-state index in [-0.39, 0.29) is 16.2 Å². The number of rotatable bonds is 7. The molecule has 0 aliphatic heterocycles. The highest BCUT2D eigenvalue weighted by atomic mass is 16.2. The summed E-state index contributed by atoms with van der Waals surface area (Å²) >= 11 is 0. The van der Waals surface area contributed by atoms with Crippen LogP contribution in [-0.4, -0.2) is 26.0 Å². The fraction of sp³-hybridized carbons (Fsp3) is 0.763. The van der Waals surface area contributed by atoms with E-state index >= 15 is 0 Å². The Morgan fingerprint density at radius 2 is 1.68 bits per heavy atom. The van der Waals surface area contributed by atoms with E-state index in [1.807, 2.05) is 13.1 Å². The van der Waals surface area contributed by atoms with Gasteiger partial charge in [0.1, 0.15) is 0 Å². The predicted octanol–water partition coefficient (Wildman–Crippen LogP) is 8.65. The minimum atomic E-state index is -0.217. The first-order valence-corrected chi connectivity index (χ1v) is 16.8. The van der Waals surface area contributed by atoms with Crippen LogP contribution in [0.2, 0.25) is 0 Å². The summed E-state index contributed by atoms with van der Waals surface area (Å²) in [5.41, 5.74) is 5.06. The molecule has 5 aliphatic rings. The van der Waals surface area contributed by atoms with Crippen LogP contribution in [0.5, 0.6) is 0 Å². The number of nitrogens with one attached hydrogen (secondary N) is 2. The Hall–Kier alpha value is -1.61. The molecule has 0 heterocycles. The van der Waals surface area contributed by atoms with E-state index in [1.165, 1.54) is 49.7 Å². The molecule has 41 heavy (non-hydrogen) atoms. The minimum absolute atomic E-state index is 0.166. The number of hydrogen-bond acceptors (Lipinski definition) is 2. The van der Waals surface area contributed by atoms with Gasteiger partial charge in [0.2, 0.25) is 5.91 Å². The molecule has 3 heteroatoms. The topological polar surface area (TPSA) is 41.1 Å². The smallest absolute Gasteiger partial charge is 0.226 e. The van der Waals surface area contributed by atoms with Crippen molar-refractivity contribution in [2.45, 2.75) is 106 Å². The molecule has 9 atom stereocenters. The predicted molar refractivity (Wildman–Crippen MR) is 173 cm³/mol. The average Bonchev–Trinajstić information content (AvgIpc) is 3.30. The molecular formula is C38H60N2O. The third kappa shape index (κ3) is 4.25. The first-order valence-electron chi connectivity index (χ1n) is 16.8. The highest BCUT2D eigenvalue weighted by molar-refractivity contribution is 5.84. The van der Waals surface area contributed by atoms with Crippen LogP contribution in [0.25, 0.3) is 0 Å². The van der Waals surface area contributed by atoms with Gasteiger partial charge in [0.25, 0.3) is 0 Å². The second kappa shape index (κ2) is 10.5. The number of fused-ring (bicyclic) bond motifs is 7. The lowest BCUT2D eigenvalue weighted by Crippen LogP contribution is -2.66. The van der Waals surface area contributed by atoms with Crippen LogP contribution in [0.3, 0.4) is 0 Å². The molecule has 2 N–H and O–H groups in total. The fourth-order valence-electron chi connectivity index (χ4n) is 12.6. The van der Waals surface area contributed by atoms with Crippen molar-refractivity contribution in [1.82, 2.24) is 10.6 Å². The van der Waals surface area contributed by atoms with E-state index in [1.54, 1.807) is 5.57 Å². The molecular weight excluding hydrogens is 500 g/mol. The molecule has 0 bridgehead atoms. The van der Waals surface area contributed by atoms with Crippen LogP contribution >= 0.6 is 0 Å². The standard InChI is InChI=1S/C38H60N2O/c1-11-12-26(4)28-16-18-35(7)30(34(28,5)6)17-19-37(9)31(35)14-13-29-32-27(25(2)3)15-20-38(32,22-21-36(29,37)8)33(41)40-24-23-39-10/h11-12,16,27,29-32,39H,1-2,13-15,17-24H2,3-10H3,(H,40,41). The number of allylic oxidation sites excluding steroid dienone is 6. The van der Waals surface area contributed by atoms with Crippen molar-refractivity contribution in [1.29, 1.82) is 0 Å². The summed E-state index contributed by atoms with van der Waals surface area (Å²) in [6.07, 6.45) is 17.6. The van der Waals surface area contributed by atoms with Gasteiger partial charge in [0.05, 0.1) is 5.41 Å². The SMILES string of the molecule is C=CC=C(C)C1=CCC2(C)C(CCC3(C)C2CCC2C4C(C(=C)C)CCC4(C(=O)NCCNC)CCC23C)C1(C)C. The van der Waals surface area contributed by atoms with E-state index in [0.29, 0.717) is 40.4 Å². The second-order valence-corrected chi connectivity index (χ2v) is 16.3. The quantitative estimate of drug-likeness (QED) is 0.186. The first-order chi connectivity index (χ1) is 19.2. The number of likely N-dealkylation sites (N-methyl/N-ethyl adjacent to an activating group) is 1. The summed E-state index contributed by atoms with van der Waals surface area (Å²) in [4.78, 5) is 14.0. The van der Waals surface area contributed by atoms with Gasteiger partial charge in [0.15, 0.2) is 0 Å². The molecule has 0 aromatic rings. The van der Waals surface area contributed by atoms with Crippen molar-refractivity contribution in [3.63, 3.8) is 0 Å². The number of hydrogen-bond donors (Lipinski definition) is 2. The highest BCUT2D eigenvalue weighted by Gasteiger charge is 2.71. The van der Waals surface area contributed by atoms with Crippen molar-refractivity contribution in [3.05, 3.63) is 48.1 Å². The fourth-order valence-corrected chi connectivity index (χ4v) is 12.6. The second-order valence-electron chi connectivity index (χ2n) is 16.3. The molecule has 4 saturated carbocycles. The molecule has 4 fully saturated rings. The molecule has 0 radical (unpaired) electrons. The summed E-state index contributed by atoms with van der Waals surface area (Å²) in [5.74, 6) is 3.24. The zero-order valence-electron chi connectivity index (χ0n) is 27.7. The average molecular weight is 561 g/mol. The van der Waals surface area contributed by atoms with Gasteiger partial charge in [-0.2, -0.15) is 0 Å². The van der Waals surface area contributed by atoms with Gasteiger partial charge in [-0.3, -0.25) is 4.79 Å². The first kappa shape index (κ1) is 30.8. The molecule has 5 aliphatic carbocycles. The maximum atomic E-state index is 14.0. The summed E-state index contributed by atoms with van der Waals surface area (Å²) in [6.45, 7) is 27.6. The summed E-state index contributed by atoms with van der Waals surface area (Å²) in [6, 6.07) is 0. The van der Waals surface area contributed by atoms with Crippen LogP contribution in [0.4, 0.5) is 0 Å². The van der Waals surface area contributed by atoms with Crippen LogP contribution < -0.4 is 10.6 Å². The monoisotopic (exact) mass is 560 g/mol. The third-order valence-corrected chi connectivity index (χ3v) is 14.5. The Morgan fingerprint density at radius 3 is 2.34 bits per heavy atom. The Morgan fingerprint density at radius 1 is 0.951 bits per heavy atom. The minimum Gasteiger partial charge on any atom is -0.354 e. The maximum Gasteiger partial charge on any atom is 0.226 e. The Balaban J connectivity index is 1.52. The van der Waals surface area contributed by atoms with E-state index in [0.717, 1.165) is 38.3 Å². The molecule has 5 rings (SSSR count). The van der Waals surface area contributed by atoms with Crippen molar-refractivity contribution in [2.75, 3.05) is 20.1 Å². The lowest BCUT2D eigenvalue weighted by molar-refractivity contribution is -0.226. The van der Waals surface area contributed by atoms with Crippen molar-refractivity contribution < 1.29 is 4.79 Å². The molecule has 0 aromatic carbocycles. The Labute approximate surface area is 252 Å². The lowest BCUT2D eigenvalue weighted by Gasteiger charge is -2.72. The van der Waals surface area contributed by atoms with Crippen molar-refractivity contribution in [2.24, 2.45) is 56.7 Å². The number of amides is 1. The van der Waals surface area contributed by atoms with Crippen molar-refractivity contribution >= 4 is 5.91 Å². The lowest BCUT2D eigenvalue weighted by atomic mass is 9.32. The molecule has 0 spiro atoms. The molecule has 1 amide bonds. The van der Waals surface area contributed by atoms with Gasteiger partial charge in [-0.25, -0.2) is 0 Å². The van der Waals surface area contributed by atoms with Crippen LogP contribution in [0.15, 0.2) is 48.1 Å². The summed E-state index contributed by atoms with van der Waals surface area (Å²) in [7, 11) is 1.96. The van der Waals surface area contributed by atoms with Gasteiger partial charge >= 0.3 is 0 Å². The van der Waals surface area contributed by atoms with Gasteiger partial charge in [0, 0.05) is 13.1 Å². The van der Waals surface area contributed by atoms with Gasteiger partial charge in [-0.1, -0.05) is 71.6 Å². The number of carbonyl (C=O) groups excluding carboxylic acids is 1. The van der Waals surface area contributed by atoms with Crippen molar-refractivity contribution in [3.8, 4) is 0 Å². The van der Waals surface area contributed by atoms with E-state index < -0.39 is 0 Å². The highest BCUT2D eigenvalue weighted by Crippen LogP contribution is 2.77.